The number of carbonyl (C=O) groups excluding carboxylic acids is 2. The molecule has 1 aliphatic rings. The first kappa shape index (κ1) is 21.4. The lowest BCUT2D eigenvalue weighted by Gasteiger charge is -2.15. The van der Waals surface area contributed by atoms with Crippen molar-refractivity contribution in [1.29, 1.82) is 0 Å². The SMILES string of the molecule is COCc1nc(-c2ccc(-c3ccc(N4CC([C@H](C)C(N)=O)OC4=O)cc3F)cn2)no1. The molecule has 0 saturated carbocycles. The molecule has 1 saturated heterocycles. The molecule has 2 atom stereocenters. The minimum absolute atomic E-state index is 0.105. The zero-order valence-corrected chi connectivity index (χ0v) is 17.3. The Hall–Kier alpha value is -3.86. The van der Waals surface area contributed by atoms with E-state index in [9.17, 15) is 14.0 Å². The highest BCUT2D eigenvalue weighted by molar-refractivity contribution is 5.91. The van der Waals surface area contributed by atoms with E-state index in [2.05, 4.69) is 15.1 Å². The number of benzene rings is 1. The number of hydrogen-bond donors (Lipinski definition) is 1. The summed E-state index contributed by atoms with van der Waals surface area (Å²) in [6.07, 6.45) is 0.150. The van der Waals surface area contributed by atoms with Gasteiger partial charge in [-0.05, 0) is 31.2 Å². The summed E-state index contributed by atoms with van der Waals surface area (Å²) in [6.45, 7) is 1.88. The Balaban J connectivity index is 1.52. The largest absolute Gasteiger partial charge is 0.443 e. The maximum absolute atomic E-state index is 14.9. The van der Waals surface area contributed by atoms with Gasteiger partial charge < -0.3 is 19.7 Å². The van der Waals surface area contributed by atoms with Crippen molar-refractivity contribution >= 4 is 17.7 Å². The molecule has 0 aliphatic carbocycles. The number of rotatable bonds is 7. The van der Waals surface area contributed by atoms with E-state index in [1.165, 1.54) is 24.3 Å². The first-order valence-corrected chi connectivity index (χ1v) is 9.72. The molecule has 166 valence electrons. The summed E-state index contributed by atoms with van der Waals surface area (Å²) in [7, 11) is 1.52. The molecule has 11 heteroatoms. The van der Waals surface area contributed by atoms with E-state index in [1.807, 2.05) is 0 Å². The van der Waals surface area contributed by atoms with Gasteiger partial charge in [-0.1, -0.05) is 11.2 Å². The molecule has 1 fully saturated rings. The molecular weight excluding hydrogens is 421 g/mol. The van der Waals surface area contributed by atoms with Crippen LogP contribution in [0.2, 0.25) is 0 Å². The van der Waals surface area contributed by atoms with Gasteiger partial charge in [0, 0.05) is 24.4 Å². The molecule has 2 N–H and O–H groups in total. The Morgan fingerprint density at radius 1 is 1.38 bits per heavy atom. The number of amides is 2. The predicted molar refractivity (Wildman–Crippen MR) is 110 cm³/mol. The monoisotopic (exact) mass is 441 g/mol. The molecule has 0 radical (unpaired) electrons. The van der Waals surface area contributed by atoms with Gasteiger partial charge in [0.05, 0.1) is 18.2 Å². The Kier molecular flexibility index (Phi) is 5.82. The van der Waals surface area contributed by atoms with E-state index in [-0.39, 0.29) is 13.2 Å². The van der Waals surface area contributed by atoms with Crippen LogP contribution in [0.25, 0.3) is 22.6 Å². The van der Waals surface area contributed by atoms with Crippen molar-refractivity contribution in [3.63, 3.8) is 0 Å². The summed E-state index contributed by atoms with van der Waals surface area (Å²) in [5.41, 5.74) is 6.90. The zero-order chi connectivity index (χ0) is 22.8. The van der Waals surface area contributed by atoms with Gasteiger partial charge in [-0.2, -0.15) is 4.98 Å². The molecule has 1 aliphatic heterocycles. The third-order valence-corrected chi connectivity index (χ3v) is 5.15. The van der Waals surface area contributed by atoms with Crippen molar-refractivity contribution in [2.45, 2.75) is 19.6 Å². The normalized spacial score (nSPS) is 16.8. The summed E-state index contributed by atoms with van der Waals surface area (Å²) in [5, 5.41) is 3.84. The van der Waals surface area contributed by atoms with Gasteiger partial charge in [0.25, 0.3) is 5.89 Å². The average molecular weight is 441 g/mol. The lowest BCUT2D eigenvalue weighted by Crippen LogP contribution is -2.34. The third-order valence-electron chi connectivity index (χ3n) is 5.15. The van der Waals surface area contributed by atoms with Crippen LogP contribution >= 0.6 is 0 Å². The maximum Gasteiger partial charge on any atom is 0.414 e. The highest BCUT2D eigenvalue weighted by Crippen LogP contribution is 2.30. The second-order valence-corrected chi connectivity index (χ2v) is 7.26. The van der Waals surface area contributed by atoms with Crippen LogP contribution in [-0.4, -0.2) is 46.9 Å². The number of anilines is 1. The lowest BCUT2D eigenvalue weighted by molar-refractivity contribution is -0.123. The number of ether oxygens (including phenoxy) is 2. The number of nitrogens with two attached hydrogens (primary N) is 1. The molecule has 0 bridgehead atoms. The minimum Gasteiger partial charge on any atom is -0.443 e. The van der Waals surface area contributed by atoms with E-state index in [1.54, 1.807) is 31.2 Å². The maximum atomic E-state index is 14.9. The Bertz CT molecular complexity index is 1150. The van der Waals surface area contributed by atoms with Crippen molar-refractivity contribution in [2.24, 2.45) is 11.7 Å². The summed E-state index contributed by atoms with van der Waals surface area (Å²) in [5.74, 6) is -1.15. The van der Waals surface area contributed by atoms with Crippen molar-refractivity contribution < 1.29 is 28.0 Å². The van der Waals surface area contributed by atoms with Crippen LogP contribution in [0, 0.1) is 11.7 Å². The van der Waals surface area contributed by atoms with Gasteiger partial charge >= 0.3 is 6.09 Å². The molecule has 2 aromatic heterocycles. The van der Waals surface area contributed by atoms with Crippen LogP contribution in [0.5, 0.6) is 0 Å². The van der Waals surface area contributed by atoms with Gasteiger partial charge in [0.1, 0.15) is 24.2 Å². The lowest BCUT2D eigenvalue weighted by atomic mass is 10.0. The third kappa shape index (κ3) is 4.14. The smallest absolute Gasteiger partial charge is 0.414 e. The first-order chi connectivity index (χ1) is 15.4. The Morgan fingerprint density at radius 2 is 2.19 bits per heavy atom. The number of nitrogens with zero attached hydrogens (tertiary/aromatic N) is 4. The molecule has 32 heavy (non-hydrogen) atoms. The van der Waals surface area contributed by atoms with Gasteiger partial charge in [-0.25, -0.2) is 9.18 Å². The summed E-state index contributed by atoms with van der Waals surface area (Å²) in [4.78, 5) is 33.3. The van der Waals surface area contributed by atoms with Crippen LogP contribution in [0.1, 0.15) is 12.8 Å². The Morgan fingerprint density at radius 3 is 2.84 bits per heavy atom. The number of pyridine rings is 1. The molecular formula is C21H20FN5O5. The first-order valence-electron chi connectivity index (χ1n) is 9.72. The summed E-state index contributed by atoms with van der Waals surface area (Å²) in [6, 6.07) is 7.71. The number of aromatic nitrogens is 3. The molecule has 10 nitrogen and oxygen atoms in total. The number of primary amides is 1. The van der Waals surface area contributed by atoms with Gasteiger partial charge in [0.2, 0.25) is 11.7 Å². The predicted octanol–water partition coefficient (Wildman–Crippen LogP) is 2.53. The van der Waals surface area contributed by atoms with E-state index in [0.29, 0.717) is 34.2 Å². The van der Waals surface area contributed by atoms with Crippen LogP contribution in [0.15, 0.2) is 41.1 Å². The van der Waals surface area contributed by atoms with Crippen LogP contribution in [0.4, 0.5) is 14.9 Å². The molecule has 3 heterocycles. The molecule has 3 aromatic rings. The number of carbonyl (C=O) groups is 2. The Labute approximate surface area is 182 Å². The van der Waals surface area contributed by atoms with Crippen molar-refractivity contribution in [2.75, 3.05) is 18.6 Å². The minimum atomic E-state index is -0.686. The highest BCUT2D eigenvalue weighted by atomic mass is 19.1. The highest BCUT2D eigenvalue weighted by Gasteiger charge is 2.37. The molecule has 4 rings (SSSR count). The van der Waals surface area contributed by atoms with E-state index < -0.39 is 29.8 Å². The van der Waals surface area contributed by atoms with Gasteiger partial charge in [0.15, 0.2) is 0 Å². The summed E-state index contributed by atoms with van der Waals surface area (Å²) >= 11 is 0. The molecule has 0 spiro atoms. The second-order valence-electron chi connectivity index (χ2n) is 7.26. The number of cyclic esters (lactones) is 1. The zero-order valence-electron chi connectivity index (χ0n) is 17.3. The molecule has 1 aromatic carbocycles. The van der Waals surface area contributed by atoms with Gasteiger partial charge in [-0.3, -0.25) is 14.7 Å². The topological polar surface area (TPSA) is 134 Å². The van der Waals surface area contributed by atoms with E-state index >= 15 is 0 Å². The van der Waals surface area contributed by atoms with E-state index in [0.717, 1.165) is 0 Å². The average Bonchev–Trinajstić information content (AvgIpc) is 3.40. The fraction of sp³-hybridized carbons (Fsp3) is 0.286. The number of hydrogen-bond acceptors (Lipinski definition) is 8. The van der Waals surface area contributed by atoms with Crippen LogP contribution < -0.4 is 10.6 Å². The standard InChI is InChI=1S/C21H20FN5O5/c1-11(19(23)28)17-9-27(21(29)31-17)13-4-5-14(15(22)7-13)12-3-6-16(24-8-12)20-25-18(10-30-2)32-26-20/h3-8,11,17H,9-10H2,1-2H3,(H2,23,28)/t11-,17?/m0/s1. The second kappa shape index (κ2) is 8.71. The quantitative estimate of drug-likeness (QED) is 0.591. The van der Waals surface area contributed by atoms with Crippen LogP contribution in [0.3, 0.4) is 0 Å². The van der Waals surface area contributed by atoms with Crippen molar-refractivity contribution in [1.82, 2.24) is 15.1 Å². The number of methoxy groups -OCH3 is 1. The fourth-order valence-corrected chi connectivity index (χ4v) is 3.27. The van der Waals surface area contributed by atoms with E-state index in [4.69, 9.17) is 19.7 Å². The summed E-state index contributed by atoms with van der Waals surface area (Å²) < 4.78 is 30.1. The van der Waals surface area contributed by atoms with Gasteiger partial charge in [-0.15, -0.1) is 0 Å². The molecule has 1 unspecified atom stereocenters. The molecule has 2 amide bonds. The fourth-order valence-electron chi connectivity index (χ4n) is 3.27. The van der Waals surface area contributed by atoms with Crippen molar-refractivity contribution in [3.8, 4) is 22.6 Å². The van der Waals surface area contributed by atoms with Crippen LogP contribution in [-0.2, 0) is 20.9 Å². The van der Waals surface area contributed by atoms with Crippen molar-refractivity contribution in [3.05, 3.63) is 48.2 Å². The number of halogens is 1.